The third kappa shape index (κ3) is 38.0. The first-order valence-electron chi connectivity index (χ1n) is 20.7. The quantitative estimate of drug-likeness (QED) is 0.0155. The third-order valence-electron chi connectivity index (χ3n) is 8.11. The molecule has 0 aliphatic heterocycles. The number of aliphatic hydroxyl groups is 3. The second-order valence-corrected chi connectivity index (χ2v) is 14.9. The van der Waals surface area contributed by atoms with Crippen molar-refractivity contribution in [2.75, 3.05) is 26.4 Å². The Labute approximate surface area is 337 Å². The molecule has 11 nitrogen and oxygen atoms in total. The Bertz CT molecular complexity index is 1220. The first-order valence-corrected chi connectivity index (χ1v) is 22.1. The molecule has 4 N–H and O–H groups in total. The normalized spacial score (nSPS) is 15.3. The molecule has 0 heterocycles. The van der Waals surface area contributed by atoms with E-state index >= 15 is 0 Å². The number of carbonyl (C=O) groups is 2. The summed E-state index contributed by atoms with van der Waals surface area (Å²) in [6, 6.07) is 0. The Morgan fingerprint density at radius 1 is 0.625 bits per heavy atom. The molecule has 0 saturated carbocycles. The van der Waals surface area contributed by atoms with Crippen LogP contribution in [0.4, 0.5) is 0 Å². The maximum absolute atomic E-state index is 12.6. The third-order valence-corrected chi connectivity index (χ3v) is 9.06. The molecule has 12 heteroatoms. The van der Waals surface area contributed by atoms with Crippen molar-refractivity contribution in [1.29, 1.82) is 0 Å². The largest absolute Gasteiger partial charge is 0.472 e. The van der Waals surface area contributed by atoms with Gasteiger partial charge in [0.2, 0.25) is 0 Å². The minimum absolute atomic E-state index is 0.123. The van der Waals surface area contributed by atoms with Gasteiger partial charge in [0.05, 0.1) is 25.9 Å². The van der Waals surface area contributed by atoms with E-state index in [0.29, 0.717) is 32.1 Å². The Kier molecular flexibility index (Phi) is 36.9. The topological polar surface area (TPSA) is 169 Å². The minimum atomic E-state index is -4.65. The predicted octanol–water partition coefficient (Wildman–Crippen LogP) is 9.63. The number of aliphatic hydroxyl groups excluding tert-OH is 3. The monoisotopic (exact) mass is 808 g/mol. The van der Waals surface area contributed by atoms with E-state index in [-0.39, 0.29) is 19.4 Å². The van der Waals surface area contributed by atoms with Crippen LogP contribution >= 0.6 is 7.82 Å². The van der Waals surface area contributed by atoms with Crippen molar-refractivity contribution in [1.82, 2.24) is 0 Å². The summed E-state index contributed by atoms with van der Waals surface area (Å²) in [6.07, 6.45) is 41.5. The van der Waals surface area contributed by atoms with Crippen molar-refractivity contribution in [2.45, 2.75) is 154 Å². The molecule has 0 bridgehead atoms. The number of hydrogen-bond donors (Lipinski definition) is 4. The zero-order chi connectivity index (χ0) is 41.4. The van der Waals surface area contributed by atoms with Gasteiger partial charge in [-0.05, 0) is 77.0 Å². The maximum atomic E-state index is 12.6. The fourth-order valence-corrected chi connectivity index (χ4v) is 5.69. The van der Waals surface area contributed by atoms with E-state index in [1.807, 2.05) is 36.5 Å². The molecule has 0 radical (unpaired) electrons. The van der Waals surface area contributed by atoms with Gasteiger partial charge in [-0.3, -0.25) is 18.6 Å². The van der Waals surface area contributed by atoms with Gasteiger partial charge in [-0.2, -0.15) is 0 Å². The SMILES string of the molecule is CC/C=C\C/C=C\C/C=C\CCCCCCCC(=O)O[C@H](COC(=O)CCC/C=C/C/C=C\C[C@H](O)/C=C\C=C/CCCCC)COP(=O)(O)OC[C@@H](O)CO. The van der Waals surface area contributed by atoms with E-state index in [9.17, 15) is 29.3 Å². The van der Waals surface area contributed by atoms with E-state index in [2.05, 4.69) is 60.9 Å². The van der Waals surface area contributed by atoms with E-state index in [1.165, 1.54) is 19.3 Å². The molecule has 0 rings (SSSR count). The molecule has 1 unspecified atom stereocenters. The van der Waals surface area contributed by atoms with Gasteiger partial charge in [-0.25, -0.2) is 4.57 Å². The molecule has 0 amide bonds. The molecule has 320 valence electrons. The van der Waals surface area contributed by atoms with Gasteiger partial charge >= 0.3 is 19.8 Å². The fourth-order valence-electron chi connectivity index (χ4n) is 4.90. The Balaban J connectivity index is 4.52. The number of phosphoric acid groups is 1. The summed E-state index contributed by atoms with van der Waals surface area (Å²) in [7, 11) is -4.65. The predicted molar refractivity (Wildman–Crippen MR) is 225 cm³/mol. The molecule has 0 spiro atoms. The molecular formula is C44H73O11P. The summed E-state index contributed by atoms with van der Waals surface area (Å²) >= 11 is 0. The molecule has 0 aliphatic carbocycles. The van der Waals surface area contributed by atoms with Crippen molar-refractivity contribution in [3.8, 4) is 0 Å². The van der Waals surface area contributed by atoms with Crippen LogP contribution < -0.4 is 0 Å². The van der Waals surface area contributed by atoms with Gasteiger partial charge in [0.15, 0.2) is 6.10 Å². The fraction of sp³-hybridized carbons (Fsp3) is 0.636. The van der Waals surface area contributed by atoms with Crippen LogP contribution in [0.3, 0.4) is 0 Å². The van der Waals surface area contributed by atoms with Crippen LogP contribution in [0.2, 0.25) is 0 Å². The van der Waals surface area contributed by atoms with Crippen LogP contribution in [0, 0.1) is 0 Å². The van der Waals surface area contributed by atoms with E-state index in [1.54, 1.807) is 6.08 Å². The highest BCUT2D eigenvalue weighted by molar-refractivity contribution is 7.47. The lowest BCUT2D eigenvalue weighted by atomic mass is 10.1. The van der Waals surface area contributed by atoms with Gasteiger partial charge in [0, 0.05) is 12.8 Å². The van der Waals surface area contributed by atoms with Crippen molar-refractivity contribution < 1.29 is 52.9 Å². The van der Waals surface area contributed by atoms with Crippen molar-refractivity contribution >= 4 is 19.8 Å². The van der Waals surface area contributed by atoms with Gasteiger partial charge in [0.1, 0.15) is 12.7 Å². The lowest BCUT2D eigenvalue weighted by molar-refractivity contribution is -0.161. The average molecular weight is 809 g/mol. The van der Waals surface area contributed by atoms with Crippen LogP contribution in [0.15, 0.2) is 85.1 Å². The Morgan fingerprint density at radius 3 is 1.89 bits per heavy atom. The zero-order valence-electron chi connectivity index (χ0n) is 34.2. The number of hydrogen-bond acceptors (Lipinski definition) is 10. The molecule has 0 fully saturated rings. The lowest BCUT2D eigenvalue weighted by Crippen LogP contribution is -2.29. The number of phosphoric ester groups is 1. The Morgan fingerprint density at radius 2 is 1.20 bits per heavy atom. The van der Waals surface area contributed by atoms with Crippen LogP contribution in [-0.2, 0) is 32.7 Å². The molecule has 0 saturated heterocycles. The van der Waals surface area contributed by atoms with Crippen molar-refractivity contribution in [3.05, 3.63) is 85.1 Å². The number of carbonyl (C=O) groups excluding carboxylic acids is 2. The molecule has 0 aromatic heterocycles. The highest BCUT2D eigenvalue weighted by atomic mass is 31.2. The first-order chi connectivity index (χ1) is 27.1. The molecule has 0 aromatic rings. The van der Waals surface area contributed by atoms with Crippen LogP contribution in [0.25, 0.3) is 0 Å². The van der Waals surface area contributed by atoms with Crippen LogP contribution in [0.5, 0.6) is 0 Å². The summed E-state index contributed by atoms with van der Waals surface area (Å²) < 4.78 is 32.6. The molecule has 0 aromatic carbocycles. The number of allylic oxidation sites excluding steroid dienone is 12. The minimum Gasteiger partial charge on any atom is -0.462 e. The second-order valence-electron chi connectivity index (χ2n) is 13.5. The van der Waals surface area contributed by atoms with Gasteiger partial charge in [-0.15, -0.1) is 0 Å². The number of esters is 2. The standard InChI is InChI=1S/C44H73O11P/c1-3-5-7-9-11-12-13-14-15-16-17-18-22-27-31-35-44(49)55-42(39-54-56(50,51)53-37-41(47)36-45)38-52-43(48)34-30-26-23-19-21-25-29-33-40(46)32-28-24-20-10-8-6-4-2/h5,7,11-12,14-15,19-20,23-25,28-29,32,40-42,45-47H,3-4,6,8-10,13,16-18,21-22,26-27,30-31,33-39H2,1-2H3,(H,50,51)/b7-5-,12-11-,15-14-,23-19+,24-20-,29-25-,32-28-/t40-,41+,42-/m1/s1. The zero-order valence-corrected chi connectivity index (χ0v) is 35.1. The lowest BCUT2D eigenvalue weighted by Gasteiger charge is -2.20. The van der Waals surface area contributed by atoms with E-state index in [4.69, 9.17) is 19.1 Å². The van der Waals surface area contributed by atoms with E-state index in [0.717, 1.165) is 57.8 Å². The highest BCUT2D eigenvalue weighted by Gasteiger charge is 2.27. The molecule has 0 aliphatic rings. The van der Waals surface area contributed by atoms with Gasteiger partial charge < -0.3 is 29.7 Å². The van der Waals surface area contributed by atoms with Crippen LogP contribution in [0.1, 0.15) is 136 Å². The maximum Gasteiger partial charge on any atom is 0.472 e. The number of ether oxygens (including phenoxy) is 2. The summed E-state index contributed by atoms with van der Waals surface area (Å²) in [4.78, 5) is 34.9. The Hall–Kier alpha value is -2.89. The average Bonchev–Trinajstić information content (AvgIpc) is 3.18. The summed E-state index contributed by atoms with van der Waals surface area (Å²) in [5, 5.41) is 28.4. The number of rotatable bonds is 37. The van der Waals surface area contributed by atoms with Crippen molar-refractivity contribution in [2.24, 2.45) is 0 Å². The van der Waals surface area contributed by atoms with Gasteiger partial charge in [-0.1, -0.05) is 131 Å². The van der Waals surface area contributed by atoms with Crippen molar-refractivity contribution in [3.63, 3.8) is 0 Å². The highest BCUT2D eigenvalue weighted by Crippen LogP contribution is 2.43. The summed E-state index contributed by atoms with van der Waals surface area (Å²) in [6.45, 7) is 2.03. The number of unbranched alkanes of at least 4 members (excludes halogenated alkanes) is 9. The first kappa shape index (κ1) is 53.1. The molecule has 4 atom stereocenters. The second kappa shape index (κ2) is 39.0. The van der Waals surface area contributed by atoms with E-state index < -0.39 is 57.9 Å². The smallest absolute Gasteiger partial charge is 0.462 e. The molecule has 56 heavy (non-hydrogen) atoms. The summed E-state index contributed by atoms with van der Waals surface area (Å²) in [5.74, 6) is -1.06. The van der Waals surface area contributed by atoms with Crippen LogP contribution in [-0.4, -0.2) is 76.9 Å². The molecular weight excluding hydrogens is 735 g/mol. The van der Waals surface area contributed by atoms with Gasteiger partial charge in [0.25, 0.3) is 0 Å². The summed E-state index contributed by atoms with van der Waals surface area (Å²) in [5.41, 5.74) is 0.